The van der Waals surface area contributed by atoms with Gasteiger partial charge in [0, 0.05) is 38.0 Å². The van der Waals surface area contributed by atoms with Crippen LogP contribution in [0.3, 0.4) is 0 Å². The molecule has 1 aliphatic heterocycles. The van der Waals surface area contributed by atoms with Crippen molar-refractivity contribution in [2.75, 3.05) is 33.4 Å². The number of likely N-dealkylation sites (tertiary alicyclic amines) is 1. The summed E-state index contributed by atoms with van der Waals surface area (Å²) in [5, 5.41) is 9.12. The van der Waals surface area contributed by atoms with Gasteiger partial charge in [-0.3, -0.25) is 28.7 Å². The highest BCUT2D eigenvalue weighted by atomic mass is 32.2. The predicted molar refractivity (Wildman–Crippen MR) is 203 cm³/mol. The molecule has 1 fully saturated rings. The molecule has 3 aromatic rings. The van der Waals surface area contributed by atoms with Crippen molar-refractivity contribution >= 4 is 33.7 Å². The molecule has 55 heavy (non-hydrogen) atoms. The number of benzene rings is 2. The number of sulfonamides is 1. The maximum Gasteiger partial charge on any atom is 0.439 e. The fraction of sp³-hybridized carbons (Fsp3) is 0.526. The van der Waals surface area contributed by atoms with E-state index >= 15 is 0 Å². The SMILES string of the molecule is COc1cc(C)c(S(=O)(=O)N[C@@H](CC(=O)NCCCC(=O)OCC(C)C)C(=O)N[C@H](Cc2ccc(-c3noc(=O)[nH]3)cc2)C(=O)N2CCCCC2)c(C)c1C. The average molecular weight is 785 g/mol. The Labute approximate surface area is 321 Å². The first-order valence-electron chi connectivity index (χ1n) is 18.4. The number of hydrogen-bond acceptors (Lipinski definition) is 11. The zero-order valence-electron chi connectivity index (χ0n) is 32.3. The number of esters is 1. The van der Waals surface area contributed by atoms with Crippen LogP contribution in [0.15, 0.2) is 44.5 Å². The molecule has 4 N–H and O–H groups in total. The number of rotatable bonds is 18. The van der Waals surface area contributed by atoms with E-state index in [-0.39, 0.29) is 55.0 Å². The van der Waals surface area contributed by atoms with Gasteiger partial charge in [-0.1, -0.05) is 43.3 Å². The number of methoxy groups -OCH3 is 1. The second-order valence-corrected chi connectivity index (χ2v) is 15.8. The maximum atomic E-state index is 14.2. The number of nitrogens with zero attached hydrogens (tertiary/aromatic N) is 2. The number of aromatic amines is 1. The Bertz CT molecular complexity index is 1980. The molecule has 2 atom stereocenters. The van der Waals surface area contributed by atoms with Crippen LogP contribution in [0.2, 0.25) is 0 Å². The van der Waals surface area contributed by atoms with Crippen LogP contribution in [0.4, 0.5) is 0 Å². The van der Waals surface area contributed by atoms with Gasteiger partial charge in [0.2, 0.25) is 27.7 Å². The molecular formula is C38H52N6O10S. The van der Waals surface area contributed by atoms with Gasteiger partial charge in [-0.05, 0) is 80.7 Å². The maximum absolute atomic E-state index is 14.2. The van der Waals surface area contributed by atoms with Crippen molar-refractivity contribution in [2.24, 2.45) is 5.92 Å². The summed E-state index contributed by atoms with van der Waals surface area (Å²) in [6, 6.07) is 5.65. The van der Waals surface area contributed by atoms with Crippen LogP contribution in [0.1, 0.15) is 74.6 Å². The molecule has 2 heterocycles. The van der Waals surface area contributed by atoms with E-state index in [1.807, 2.05) is 13.8 Å². The predicted octanol–water partition coefficient (Wildman–Crippen LogP) is 2.84. The molecule has 0 spiro atoms. The van der Waals surface area contributed by atoms with Gasteiger partial charge in [0.15, 0.2) is 5.82 Å². The lowest BCUT2D eigenvalue weighted by molar-refractivity contribution is -0.145. The first kappa shape index (κ1) is 42.7. The molecule has 4 rings (SSSR count). The summed E-state index contributed by atoms with van der Waals surface area (Å²) in [5.74, 6) is -2.06. The number of carbonyl (C=O) groups is 4. The zero-order chi connectivity index (χ0) is 40.3. The molecule has 0 unspecified atom stereocenters. The van der Waals surface area contributed by atoms with Crippen LogP contribution >= 0.6 is 0 Å². The number of aromatic nitrogens is 2. The first-order chi connectivity index (χ1) is 26.1. The highest BCUT2D eigenvalue weighted by molar-refractivity contribution is 7.89. The molecule has 300 valence electrons. The lowest BCUT2D eigenvalue weighted by Crippen LogP contribution is -2.56. The van der Waals surface area contributed by atoms with Crippen LogP contribution in [0, 0.1) is 26.7 Å². The number of amides is 3. The van der Waals surface area contributed by atoms with Gasteiger partial charge < -0.3 is 25.0 Å². The number of nitrogens with one attached hydrogen (secondary N) is 4. The highest BCUT2D eigenvalue weighted by Crippen LogP contribution is 2.30. The zero-order valence-corrected chi connectivity index (χ0v) is 33.1. The van der Waals surface area contributed by atoms with Gasteiger partial charge in [0.05, 0.1) is 25.0 Å². The number of ether oxygens (including phenoxy) is 2. The minimum absolute atomic E-state index is 0.0468. The molecule has 0 aliphatic carbocycles. The van der Waals surface area contributed by atoms with E-state index in [1.54, 1.807) is 56.0 Å². The largest absolute Gasteiger partial charge is 0.496 e. The van der Waals surface area contributed by atoms with Crippen LogP contribution in [-0.2, 0) is 40.4 Å². The molecule has 0 bridgehead atoms. The van der Waals surface area contributed by atoms with Crippen LogP contribution < -0.4 is 25.8 Å². The summed E-state index contributed by atoms with van der Waals surface area (Å²) in [6.45, 7) is 10.2. The molecule has 3 amide bonds. The van der Waals surface area contributed by atoms with Crippen molar-refractivity contribution in [3.8, 4) is 17.1 Å². The Kier molecular flexibility index (Phi) is 15.2. The summed E-state index contributed by atoms with van der Waals surface area (Å²) in [4.78, 5) is 69.0. The molecular weight excluding hydrogens is 733 g/mol. The van der Waals surface area contributed by atoms with E-state index < -0.39 is 52.1 Å². The third-order valence-corrected chi connectivity index (χ3v) is 11.1. The molecule has 1 aliphatic rings. The van der Waals surface area contributed by atoms with Crippen molar-refractivity contribution in [1.82, 2.24) is 30.4 Å². The Hall–Kier alpha value is -5.03. The van der Waals surface area contributed by atoms with Gasteiger partial charge in [0.1, 0.15) is 17.8 Å². The topological polar surface area (TPSA) is 219 Å². The van der Waals surface area contributed by atoms with Crippen molar-refractivity contribution < 1.29 is 41.6 Å². The third kappa shape index (κ3) is 12.0. The first-order valence-corrected chi connectivity index (χ1v) is 19.9. The Morgan fingerprint density at radius 1 is 1.00 bits per heavy atom. The lowest BCUT2D eigenvalue weighted by Gasteiger charge is -2.31. The normalized spacial score (nSPS) is 14.3. The van der Waals surface area contributed by atoms with E-state index in [0.717, 1.165) is 19.3 Å². The summed E-state index contributed by atoms with van der Waals surface area (Å²) >= 11 is 0. The van der Waals surface area contributed by atoms with Crippen molar-refractivity contribution in [3.63, 3.8) is 0 Å². The van der Waals surface area contributed by atoms with Crippen LogP contribution in [-0.4, -0.2) is 92.6 Å². The van der Waals surface area contributed by atoms with Gasteiger partial charge in [-0.2, -0.15) is 4.72 Å². The van der Waals surface area contributed by atoms with Crippen LogP contribution in [0.5, 0.6) is 5.75 Å². The Balaban J connectivity index is 1.59. The average Bonchev–Trinajstić information content (AvgIpc) is 3.59. The van der Waals surface area contributed by atoms with E-state index in [2.05, 4.69) is 30.0 Å². The van der Waals surface area contributed by atoms with Crippen molar-refractivity contribution in [3.05, 3.63) is 63.1 Å². The van der Waals surface area contributed by atoms with E-state index in [4.69, 9.17) is 9.47 Å². The van der Waals surface area contributed by atoms with Gasteiger partial charge in [-0.15, -0.1) is 0 Å². The monoisotopic (exact) mass is 784 g/mol. The quantitative estimate of drug-likeness (QED) is 0.109. The minimum Gasteiger partial charge on any atom is -0.496 e. The number of H-pyrrole nitrogens is 1. The van der Waals surface area contributed by atoms with Crippen molar-refractivity contribution in [2.45, 2.75) is 96.5 Å². The van der Waals surface area contributed by atoms with Crippen molar-refractivity contribution in [1.29, 1.82) is 0 Å². The minimum atomic E-state index is -4.42. The van der Waals surface area contributed by atoms with Gasteiger partial charge >= 0.3 is 11.7 Å². The number of hydrogen-bond donors (Lipinski definition) is 4. The van der Waals surface area contributed by atoms with Crippen LogP contribution in [0.25, 0.3) is 11.4 Å². The number of aryl methyl sites for hydroxylation is 1. The molecule has 1 aromatic heterocycles. The smallest absolute Gasteiger partial charge is 0.439 e. The molecule has 1 saturated heterocycles. The molecule has 0 saturated carbocycles. The Morgan fingerprint density at radius 2 is 1.69 bits per heavy atom. The number of carbonyl (C=O) groups excluding carboxylic acids is 4. The number of piperidine rings is 1. The lowest BCUT2D eigenvalue weighted by atomic mass is 10.0. The summed E-state index contributed by atoms with van der Waals surface area (Å²) < 4.78 is 45.7. The third-order valence-electron chi connectivity index (χ3n) is 9.32. The van der Waals surface area contributed by atoms with E-state index in [1.165, 1.54) is 7.11 Å². The summed E-state index contributed by atoms with van der Waals surface area (Å²) in [7, 11) is -2.93. The fourth-order valence-corrected chi connectivity index (χ4v) is 8.05. The van der Waals surface area contributed by atoms with Gasteiger partial charge in [-0.25, -0.2) is 13.2 Å². The summed E-state index contributed by atoms with van der Waals surface area (Å²) in [6.07, 6.45) is 2.36. The summed E-state index contributed by atoms with van der Waals surface area (Å²) in [5.41, 5.74) is 2.59. The molecule has 2 aromatic carbocycles. The highest BCUT2D eigenvalue weighted by Gasteiger charge is 2.34. The second-order valence-electron chi connectivity index (χ2n) is 14.2. The molecule has 17 heteroatoms. The van der Waals surface area contributed by atoms with Gasteiger partial charge in [0.25, 0.3) is 0 Å². The standard InChI is InChI=1S/C38H52N6O10S/c1-23(2)22-53-33(46)11-10-16-39-32(45)21-29(43-55(50,51)34-24(3)19-31(52-6)25(4)26(34)5)36(47)40-30(37(48)44-17-8-7-9-18-44)20-27-12-14-28(15-13-27)35-41-38(49)54-42-35/h12-15,19,23,29-30,43H,7-11,16-18,20-22H2,1-6H3,(H,39,45)(H,40,47)(H,41,42,49)/t29-,30+/m0/s1. The molecule has 0 radical (unpaired) electrons. The molecule has 16 nitrogen and oxygen atoms in total. The van der Waals surface area contributed by atoms with E-state index in [0.29, 0.717) is 46.7 Å². The van der Waals surface area contributed by atoms with E-state index in [9.17, 15) is 32.4 Å². The fourth-order valence-electron chi connectivity index (χ4n) is 6.33. The Morgan fingerprint density at radius 3 is 2.31 bits per heavy atom. The second kappa shape index (κ2) is 19.5.